The Morgan fingerprint density at radius 3 is 2.05 bits per heavy atom. The maximum absolute atomic E-state index is 12.1. The van der Waals surface area contributed by atoms with Gasteiger partial charge in [0.2, 0.25) is 0 Å². The van der Waals surface area contributed by atoms with Crippen LogP contribution in [0.25, 0.3) is 0 Å². The Kier molecular flexibility index (Phi) is 26.2. The van der Waals surface area contributed by atoms with Crippen LogP contribution < -0.4 is 0 Å². The van der Waals surface area contributed by atoms with Gasteiger partial charge in [-0.3, -0.25) is 9.59 Å². The molecule has 0 aromatic carbocycles. The van der Waals surface area contributed by atoms with E-state index in [1.54, 1.807) is 6.08 Å². The van der Waals surface area contributed by atoms with E-state index in [1.165, 1.54) is 38.5 Å². The van der Waals surface area contributed by atoms with Gasteiger partial charge < -0.3 is 14.6 Å². The number of ether oxygens (including phenoxy) is 2. The molecule has 0 rings (SSSR count). The molecule has 0 saturated carbocycles. The molecule has 0 radical (unpaired) electrons. The zero-order chi connectivity index (χ0) is 27.4. The maximum atomic E-state index is 12.1. The topological polar surface area (TPSA) is 72.8 Å². The van der Waals surface area contributed by atoms with Crippen molar-refractivity contribution >= 4 is 11.9 Å². The number of unbranched alkanes of at least 4 members (excludes halogenated alkanes) is 11. The zero-order valence-electron chi connectivity index (χ0n) is 24.2. The van der Waals surface area contributed by atoms with Gasteiger partial charge in [-0.1, -0.05) is 96.3 Å². The summed E-state index contributed by atoms with van der Waals surface area (Å²) in [7, 11) is 0. The first-order chi connectivity index (χ1) is 18.0. The molecule has 5 nitrogen and oxygen atoms in total. The van der Waals surface area contributed by atoms with Crippen LogP contribution in [-0.4, -0.2) is 35.9 Å². The van der Waals surface area contributed by atoms with Crippen LogP contribution in [0.4, 0.5) is 0 Å². The van der Waals surface area contributed by atoms with E-state index in [-0.39, 0.29) is 37.2 Å². The molecule has 0 spiro atoms. The number of aliphatic hydroxyl groups excluding tert-OH is 1. The van der Waals surface area contributed by atoms with Crippen molar-refractivity contribution in [3.63, 3.8) is 0 Å². The SMILES string of the molecule is C=CCC(CCCCCC)OC(=O)CCCOC(=O)CCCCCCCC=CCC(O)CCCCCC. The highest BCUT2D eigenvalue weighted by Crippen LogP contribution is 2.14. The Morgan fingerprint density at radius 2 is 1.35 bits per heavy atom. The van der Waals surface area contributed by atoms with Crippen LogP contribution in [0.3, 0.4) is 0 Å². The van der Waals surface area contributed by atoms with Crippen molar-refractivity contribution in [3.8, 4) is 0 Å². The minimum atomic E-state index is -0.216. The lowest BCUT2D eigenvalue weighted by Gasteiger charge is -2.16. The maximum Gasteiger partial charge on any atom is 0.306 e. The Balaban J connectivity index is 3.62. The Labute approximate surface area is 228 Å². The second-order valence-corrected chi connectivity index (χ2v) is 10.3. The summed E-state index contributed by atoms with van der Waals surface area (Å²) in [5.74, 6) is -0.392. The number of esters is 2. The first-order valence-electron chi connectivity index (χ1n) is 15.3. The molecule has 0 heterocycles. The lowest BCUT2D eigenvalue weighted by atomic mass is 10.1. The summed E-state index contributed by atoms with van der Waals surface area (Å²) >= 11 is 0. The van der Waals surface area contributed by atoms with Crippen molar-refractivity contribution in [2.24, 2.45) is 0 Å². The summed E-state index contributed by atoms with van der Waals surface area (Å²) in [6.07, 6.45) is 26.2. The summed E-state index contributed by atoms with van der Waals surface area (Å²) in [5.41, 5.74) is 0. The van der Waals surface area contributed by atoms with Crippen molar-refractivity contribution in [1.82, 2.24) is 0 Å². The molecule has 216 valence electrons. The molecular weight excluding hydrogens is 464 g/mol. The number of rotatable bonds is 27. The van der Waals surface area contributed by atoms with Gasteiger partial charge in [-0.25, -0.2) is 0 Å². The smallest absolute Gasteiger partial charge is 0.306 e. The van der Waals surface area contributed by atoms with Gasteiger partial charge in [-0.15, -0.1) is 6.58 Å². The molecule has 0 fully saturated rings. The molecule has 2 unspecified atom stereocenters. The average Bonchev–Trinajstić information content (AvgIpc) is 2.88. The molecule has 0 aromatic heterocycles. The van der Waals surface area contributed by atoms with E-state index >= 15 is 0 Å². The van der Waals surface area contributed by atoms with Gasteiger partial charge in [0.05, 0.1) is 12.7 Å². The predicted octanol–water partition coefficient (Wildman–Crippen LogP) is 8.78. The number of hydrogen-bond acceptors (Lipinski definition) is 5. The summed E-state index contributed by atoms with van der Waals surface area (Å²) in [6.45, 7) is 8.42. The van der Waals surface area contributed by atoms with Crippen LogP contribution in [0.5, 0.6) is 0 Å². The highest BCUT2D eigenvalue weighted by Gasteiger charge is 2.13. The molecule has 0 aliphatic carbocycles. The van der Waals surface area contributed by atoms with Crippen LogP contribution in [0.1, 0.15) is 149 Å². The number of carbonyl (C=O) groups excluding carboxylic acids is 2. The zero-order valence-corrected chi connectivity index (χ0v) is 24.2. The molecule has 1 N–H and O–H groups in total. The quantitative estimate of drug-likeness (QED) is 0.0663. The van der Waals surface area contributed by atoms with Gasteiger partial charge in [-0.05, 0) is 51.4 Å². The molecule has 37 heavy (non-hydrogen) atoms. The summed E-state index contributed by atoms with van der Waals surface area (Å²) in [5, 5.41) is 9.96. The first-order valence-corrected chi connectivity index (χ1v) is 15.3. The predicted molar refractivity (Wildman–Crippen MR) is 154 cm³/mol. The summed E-state index contributed by atoms with van der Waals surface area (Å²) in [6, 6.07) is 0. The van der Waals surface area contributed by atoms with Crippen molar-refractivity contribution in [3.05, 3.63) is 24.8 Å². The Morgan fingerprint density at radius 1 is 0.730 bits per heavy atom. The lowest BCUT2D eigenvalue weighted by Crippen LogP contribution is -2.18. The van der Waals surface area contributed by atoms with Gasteiger partial charge in [0.25, 0.3) is 0 Å². The second kappa shape index (κ2) is 27.4. The van der Waals surface area contributed by atoms with E-state index in [0.717, 1.165) is 70.6 Å². The molecule has 0 aromatic rings. The minimum absolute atomic E-state index is 0.0848. The van der Waals surface area contributed by atoms with E-state index in [2.05, 4.69) is 32.6 Å². The fraction of sp³-hybridized carbons (Fsp3) is 0.812. The van der Waals surface area contributed by atoms with Gasteiger partial charge in [0.1, 0.15) is 6.10 Å². The minimum Gasteiger partial charge on any atom is -0.466 e. The van der Waals surface area contributed by atoms with Gasteiger partial charge in [-0.2, -0.15) is 0 Å². The van der Waals surface area contributed by atoms with Crippen molar-refractivity contribution in [2.75, 3.05) is 6.61 Å². The van der Waals surface area contributed by atoms with E-state index in [1.807, 2.05) is 0 Å². The highest BCUT2D eigenvalue weighted by molar-refractivity contribution is 5.70. The van der Waals surface area contributed by atoms with Crippen molar-refractivity contribution < 1.29 is 24.2 Å². The second-order valence-electron chi connectivity index (χ2n) is 10.3. The average molecular weight is 523 g/mol. The van der Waals surface area contributed by atoms with Crippen LogP contribution in [0.15, 0.2) is 24.8 Å². The number of allylic oxidation sites excluding steroid dienone is 1. The van der Waals surface area contributed by atoms with Crippen LogP contribution in [0, 0.1) is 0 Å². The molecule has 2 atom stereocenters. The Bertz CT molecular complexity index is 572. The lowest BCUT2D eigenvalue weighted by molar-refractivity contribution is -0.151. The standard InChI is InChI=1S/C32H58O5/c1-4-7-9-17-23-29(33)24-18-15-13-11-12-14-16-20-26-31(34)36-28-21-27-32(35)37-30(22-6-3)25-19-10-8-5-2/h6,15,18,29-30,33H,3-5,7-14,16-17,19-28H2,1-2H3. The molecule has 5 heteroatoms. The first kappa shape index (κ1) is 35.4. The number of aliphatic hydroxyl groups is 1. The molecule has 0 amide bonds. The molecule has 0 aliphatic heterocycles. The third-order valence-electron chi connectivity index (χ3n) is 6.61. The van der Waals surface area contributed by atoms with Gasteiger partial charge in [0.15, 0.2) is 0 Å². The fourth-order valence-corrected chi connectivity index (χ4v) is 4.29. The molecule has 0 aliphatic rings. The van der Waals surface area contributed by atoms with Crippen LogP contribution >= 0.6 is 0 Å². The van der Waals surface area contributed by atoms with Crippen molar-refractivity contribution in [2.45, 2.75) is 161 Å². The van der Waals surface area contributed by atoms with Gasteiger partial charge >= 0.3 is 11.9 Å². The van der Waals surface area contributed by atoms with Crippen LogP contribution in [-0.2, 0) is 19.1 Å². The number of hydrogen-bond donors (Lipinski definition) is 1. The van der Waals surface area contributed by atoms with Crippen LogP contribution in [0.2, 0.25) is 0 Å². The van der Waals surface area contributed by atoms with E-state index < -0.39 is 0 Å². The number of carbonyl (C=O) groups is 2. The Hall–Kier alpha value is -1.62. The summed E-state index contributed by atoms with van der Waals surface area (Å²) in [4.78, 5) is 24.0. The normalized spacial score (nSPS) is 12.9. The van der Waals surface area contributed by atoms with E-state index in [0.29, 0.717) is 19.3 Å². The molecule has 0 saturated heterocycles. The van der Waals surface area contributed by atoms with Crippen molar-refractivity contribution in [1.29, 1.82) is 0 Å². The third kappa shape index (κ3) is 25.8. The molecule has 0 bridgehead atoms. The third-order valence-corrected chi connectivity index (χ3v) is 6.61. The van der Waals surface area contributed by atoms with E-state index in [4.69, 9.17) is 9.47 Å². The van der Waals surface area contributed by atoms with Gasteiger partial charge in [0, 0.05) is 19.3 Å². The largest absolute Gasteiger partial charge is 0.466 e. The van der Waals surface area contributed by atoms with E-state index in [9.17, 15) is 14.7 Å². The fourth-order valence-electron chi connectivity index (χ4n) is 4.29. The summed E-state index contributed by atoms with van der Waals surface area (Å²) < 4.78 is 10.8. The monoisotopic (exact) mass is 522 g/mol. The molecular formula is C32H58O5. The highest BCUT2D eigenvalue weighted by atomic mass is 16.5.